The molecule has 3 aromatic rings. The van der Waals surface area contributed by atoms with Gasteiger partial charge in [0.2, 0.25) is 0 Å². The van der Waals surface area contributed by atoms with Crippen LogP contribution in [0.4, 0.5) is 0 Å². The summed E-state index contributed by atoms with van der Waals surface area (Å²) in [7, 11) is 0. The van der Waals surface area contributed by atoms with Crippen LogP contribution in [0.2, 0.25) is 0 Å². The zero-order chi connectivity index (χ0) is 21.3. The molecule has 1 atom stereocenters. The molecule has 8 nitrogen and oxygen atoms in total. The fourth-order valence-corrected chi connectivity index (χ4v) is 4.64. The zero-order valence-electron chi connectivity index (χ0n) is 17.6. The normalized spacial score (nSPS) is 20.4. The topological polar surface area (TPSA) is 92.4 Å². The Labute approximate surface area is 180 Å². The number of H-pyrrole nitrogens is 1. The summed E-state index contributed by atoms with van der Waals surface area (Å²) in [5, 5.41) is 11.0. The smallest absolute Gasteiger partial charge is 0.255 e. The van der Waals surface area contributed by atoms with Gasteiger partial charge >= 0.3 is 0 Å². The maximum Gasteiger partial charge on any atom is 0.255 e. The Morgan fingerprint density at radius 1 is 1.29 bits per heavy atom. The van der Waals surface area contributed by atoms with E-state index in [0.717, 1.165) is 55.7 Å². The predicted molar refractivity (Wildman–Crippen MR) is 116 cm³/mol. The number of piperidine rings is 1. The molecule has 0 aliphatic carbocycles. The third-order valence-electron chi connectivity index (χ3n) is 6.35. The molecule has 1 unspecified atom stereocenters. The van der Waals surface area contributed by atoms with Crippen molar-refractivity contribution in [2.45, 2.75) is 37.8 Å². The van der Waals surface area contributed by atoms with E-state index in [9.17, 15) is 4.79 Å². The second kappa shape index (κ2) is 8.28. The second-order valence-corrected chi connectivity index (χ2v) is 8.31. The van der Waals surface area contributed by atoms with E-state index in [1.165, 1.54) is 0 Å². The molecule has 4 heterocycles. The summed E-state index contributed by atoms with van der Waals surface area (Å²) < 4.78 is 12.1. The number of hydrogen-bond acceptors (Lipinski definition) is 6. The first-order valence-corrected chi connectivity index (χ1v) is 10.8. The molecule has 1 fully saturated rings. The van der Waals surface area contributed by atoms with Gasteiger partial charge in [0.05, 0.1) is 30.0 Å². The van der Waals surface area contributed by atoms with Crippen molar-refractivity contribution in [3.8, 4) is 5.75 Å². The number of pyridine rings is 1. The molecule has 8 heteroatoms. The standard InChI is InChI=1S/C23H27N5O3/c1-2-30-15-28-9-7-23(8-10-28)11-19(17-5-3-4-6-20(17)31-23)26-22(29)18-14-24-12-16-13-25-27-21(16)18/h3-6,12-14,19H,2,7-11,15H2,1H3,(H,25,27)(H,26,29). The summed E-state index contributed by atoms with van der Waals surface area (Å²) in [4.78, 5) is 19.7. The van der Waals surface area contributed by atoms with E-state index < -0.39 is 0 Å². The van der Waals surface area contributed by atoms with Crippen molar-refractivity contribution in [2.75, 3.05) is 26.4 Å². The molecule has 0 bridgehead atoms. The van der Waals surface area contributed by atoms with Crippen LogP contribution in [0.1, 0.15) is 48.1 Å². The van der Waals surface area contributed by atoms with Gasteiger partial charge in [0.25, 0.3) is 5.91 Å². The monoisotopic (exact) mass is 421 g/mol. The number of amides is 1. The van der Waals surface area contributed by atoms with Gasteiger partial charge < -0.3 is 14.8 Å². The quantitative estimate of drug-likeness (QED) is 0.658. The van der Waals surface area contributed by atoms with Gasteiger partial charge in [0.15, 0.2) is 0 Å². The average Bonchev–Trinajstić information content (AvgIpc) is 3.28. The minimum Gasteiger partial charge on any atom is -0.487 e. The molecule has 31 heavy (non-hydrogen) atoms. The second-order valence-electron chi connectivity index (χ2n) is 8.31. The van der Waals surface area contributed by atoms with E-state index in [4.69, 9.17) is 9.47 Å². The maximum absolute atomic E-state index is 13.2. The van der Waals surface area contributed by atoms with E-state index in [0.29, 0.717) is 17.8 Å². The number of nitrogens with one attached hydrogen (secondary N) is 2. The van der Waals surface area contributed by atoms with Crippen LogP contribution >= 0.6 is 0 Å². The molecule has 1 aromatic carbocycles. The van der Waals surface area contributed by atoms with E-state index >= 15 is 0 Å². The van der Waals surface area contributed by atoms with Crippen LogP contribution in [0.3, 0.4) is 0 Å². The number of benzene rings is 1. The third-order valence-corrected chi connectivity index (χ3v) is 6.35. The highest BCUT2D eigenvalue weighted by Gasteiger charge is 2.43. The number of aromatic amines is 1. The third kappa shape index (κ3) is 3.88. The highest BCUT2D eigenvalue weighted by Crippen LogP contribution is 2.44. The van der Waals surface area contributed by atoms with Crippen molar-refractivity contribution in [3.63, 3.8) is 0 Å². The molecule has 2 N–H and O–H groups in total. The Morgan fingerprint density at radius 3 is 2.97 bits per heavy atom. The average molecular weight is 422 g/mol. The molecule has 0 saturated carbocycles. The lowest BCUT2D eigenvalue weighted by Gasteiger charge is -2.46. The summed E-state index contributed by atoms with van der Waals surface area (Å²) in [6.45, 7) is 5.22. The lowest BCUT2D eigenvalue weighted by Crippen LogP contribution is -2.52. The summed E-state index contributed by atoms with van der Waals surface area (Å²) in [6.07, 6.45) is 7.50. The highest BCUT2D eigenvalue weighted by atomic mass is 16.5. The van der Waals surface area contributed by atoms with E-state index in [1.54, 1.807) is 18.6 Å². The molecule has 1 amide bonds. The molecule has 2 aliphatic heterocycles. The van der Waals surface area contributed by atoms with Crippen molar-refractivity contribution in [2.24, 2.45) is 0 Å². The SMILES string of the molecule is CCOCN1CCC2(CC1)CC(NC(=O)c1cncc3cn[nH]c13)c1ccccc1O2. The Bertz CT molecular complexity index is 1070. The van der Waals surface area contributed by atoms with Gasteiger partial charge in [-0.25, -0.2) is 0 Å². The number of hydrogen-bond donors (Lipinski definition) is 2. The minimum absolute atomic E-state index is 0.130. The van der Waals surface area contributed by atoms with Crippen molar-refractivity contribution >= 4 is 16.8 Å². The van der Waals surface area contributed by atoms with Crippen LogP contribution in [0.15, 0.2) is 42.9 Å². The van der Waals surface area contributed by atoms with Gasteiger partial charge in [-0.2, -0.15) is 5.10 Å². The van der Waals surface area contributed by atoms with Crippen LogP contribution < -0.4 is 10.1 Å². The molecule has 1 saturated heterocycles. The molecule has 5 rings (SSSR count). The Kier molecular flexibility index (Phi) is 5.33. The Balaban J connectivity index is 1.38. The number of nitrogens with zero attached hydrogens (tertiary/aromatic N) is 3. The summed E-state index contributed by atoms with van der Waals surface area (Å²) in [5.41, 5.74) is 1.93. The van der Waals surface area contributed by atoms with Crippen molar-refractivity contribution in [1.29, 1.82) is 0 Å². The molecule has 2 aromatic heterocycles. The zero-order valence-corrected chi connectivity index (χ0v) is 17.6. The molecular weight excluding hydrogens is 394 g/mol. The summed E-state index contributed by atoms with van der Waals surface area (Å²) in [6, 6.07) is 7.87. The Hall–Kier alpha value is -2.97. The lowest BCUT2D eigenvalue weighted by molar-refractivity contribution is -0.0541. The number of ether oxygens (including phenoxy) is 2. The first-order valence-electron chi connectivity index (χ1n) is 10.8. The van der Waals surface area contributed by atoms with Crippen molar-refractivity contribution < 1.29 is 14.3 Å². The lowest BCUT2D eigenvalue weighted by atomic mass is 9.80. The molecule has 1 spiro atoms. The molecule has 0 radical (unpaired) electrons. The van der Waals surface area contributed by atoms with E-state index in [1.807, 2.05) is 31.2 Å². The summed E-state index contributed by atoms with van der Waals surface area (Å²) >= 11 is 0. The van der Waals surface area contributed by atoms with Crippen LogP contribution in [0.5, 0.6) is 5.75 Å². The number of likely N-dealkylation sites (tertiary alicyclic amines) is 1. The molecule has 2 aliphatic rings. The van der Waals surface area contributed by atoms with E-state index in [-0.39, 0.29) is 17.6 Å². The molecular formula is C23H27N5O3. The van der Waals surface area contributed by atoms with Gasteiger partial charge in [-0.05, 0) is 13.0 Å². The number of carbonyl (C=O) groups is 1. The van der Waals surface area contributed by atoms with E-state index in [2.05, 4.69) is 25.4 Å². The van der Waals surface area contributed by atoms with Crippen molar-refractivity contribution in [3.05, 3.63) is 54.0 Å². The number of aromatic nitrogens is 3. The largest absolute Gasteiger partial charge is 0.487 e. The van der Waals surface area contributed by atoms with Crippen LogP contribution in [-0.2, 0) is 4.74 Å². The van der Waals surface area contributed by atoms with Gasteiger partial charge in [-0.15, -0.1) is 0 Å². The van der Waals surface area contributed by atoms with Gasteiger partial charge in [0, 0.05) is 62.3 Å². The van der Waals surface area contributed by atoms with Crippen LogP contribution in [-0.4, -0.2) is 58.0 Å². The fraction of sp³-hybridized carbons (Fsp3) is 0.435. The maximum atomic E-state index is 13.2. The van der Waals surface area contributed by atoms with Gasteiger partial charge in [0.1, 0.15) is 11.4 Å². The number of carbonyl (C=O) groups excluding carboxylic acids is 1. The summed E-state index contributed by atoms with van der Waals surface area (Å²) in [5.74, 6) is 0.697. The number of rotatable bonds is 5. The van der Waals surface area contributed by atoms with Crippen LogP contribution in [0, 0.1) is 0 Å². The number of fused-ring (bicyclic) bond motifs is 2. The van der Waals surface area contributed by atoms with Gasteiger partial charge in [-0.3, -0.25) is 19.8 Å². The predicted octanol–water partition coefficient (Wildman–Crippen LogP) is 3.04. The number of para-hydroxylation sites is 1. The first-order chi connectivity index (χ1) is 15.2. The minimum atomic E-state index is -0.284. The Morgan fingerprint density at radius 2 is 2.13 bits per heavy atom. The van der Waals surface area contributed by atoms with Crippen molar-refractivity contribution in [1.82, 2.24) is 25.4 Å². The van der Waals surface area contributed by atoms with Gasteiger partial charge in [-0.1, -0.05) is 18.2 Å². The first kappa shape index (κ1) is 20.0. The fourth-order valence-electron chi connectivity index (χ4n) is 4.64. The molecule has 162 valence electrons. The van der Waals surface area contributed by atoms with Crippen LogP contribution in [0.25, 0.3) is 10.9 Å². The highest BCUT2D eigenvalue weighted by molar-refractivity contribution is 6.05.